The second-order valence-corrected chi connectivity index (χ2v) is 4.44. The Morgan fingerprint density at radius 2 is 1.80 bits per heavy atom. The fourth-order valence-corrected chi connectivity index (χ4v) is 1.92. The third kappa shape index (κ3) is 5.11. The van der Waals surface area contributed by atoms with Crippen LogP contribution in [0.2, 0.25) is 0 Å². The molecule has 0 saturated heterocycles. The van der Waals surface area contributed by atoms with Crippen LogP contribution in [0, 0.1) is 0 Å². The van der Waals surface area contributed by atoms with Crippen LogP contribution in [-0.2, 0) is 13.0 Å². The van der Waals surface area contributed by atoms with E-state index < -0.39 is 0 Å². The molecule has 0 saturated carbocycles. The minimum atomic E-state index is 0. The summed E-state index contributed by atoms with van der Waals surface area (Å²) in [7, 11) is 1.67. The van der Waals surface area contributed by atoms with E-state index in [4.69, 9.17) is 4.74 Å². The molecule has 20 heavy (non-hydrogen) atoms. The summed E-state index contributed by atoms with van der Waals surface area (Å²) in [6.45, 7) is 1.67. The SMILES string of the molecule is COc1ccc(CCNCc2cccc(O)c2)cc1.Cl. The lowest BCUT2D eigenvalue weighted by Crippen LogP contribution is -2.16. The van der Waals surface area contributed by atoms with Crippen LogP contribution >= 0.6 is 12.4 Å². The first kappa shape index (κ1) is 16.3. The van der Waals surface area contributed by atoms with E-state index in [2.05, 4.69) is 17.4 Å². The second kappa shape index (κ2) is 8.46. The van der Waals surface area contributed by atoms with Crippen molar-refractivity contribution in [1.82, 2.24) is 5.32 Å². The molecule has 0 fully saturated rings. The number of halogens is 1. The van der Waals surface area contributed by atoms with E-state index in [1.807, 2.05) is 24.3 Å². The van der Waals surface area contributed by atoms with Gasteiger partial charge < -0.3 is 15.2 Å². The van der Waals surface area contributed by atoms with Gasteiger partial charge in [0.25, 0.3) is 0 Å². The molecule has 0 spiro atoms. The molecule has 3 nitrogen and oxygen atoms in total. The molecular weight excluding hydrogens is 274 g/mol. The summed E-state index contributed by atoms with van der Waals surface area (Å²) in [5, 5.41) is 12.7. The Hall–Kier alpha value is -1.71. The van der Waals surface area contributed by atoms with E-state index in [1.54, 1.807) is 19.2 Å². The Morgan fingerprint density at radius 1 is 1.05 bits per heavy atom. The molecule has 0 radical (unpaired) electrons. The summed E-state index contributed by atoms with van der Waals surface area (Å²) >= 11 is 0. The highest BCUT2D eigenvalue weighted by molar-refractivity contribution is 5.85. The summed E-state index contributed by atoms with van der Waals surface area (Å²) in [6.07, 6.45) is 0.975. The highest BCUT2D eigenvalue weighted by Crippen LogP contribution is 2.12. The summed E-state index contributed by atoms with van der Waals surface area (Å²) in [5.41, 5.74) is 2.37. The minimum Gasteiger partial charge on any atom is -0.508 e. The number of phenolic OH excluding ortho intramolecular Hbond substituents is 1. The molecule has 2 aromatic carbocycles. The third-order valence-corrected chi connectivity index (χ3v) is 2.99. The lowest BCUT2D eigenvalue weighted by atomic mass is 10.1. The number of benzene rings is 2. The number of hydrogen-bond acceptors (Lipinski definition) is 3. The molecule has 0 unspecified atom stereocenters. The van der Waals surface area contributed by atoms with Gasteiger partial charge in [-0.25, -0.2) is 0 Å². The molecule has 0 aliphatic rings. The molecule has 0 amide bonds. The Bertz CT molecular complexity index is 514. The quantitative estimate of drug-likeness (QED) is 0.804. The number of nitrogens with one attached hydrogen (secondary N) is 1. The first-order chi connectivity index (χ1) is 9.28. The zero-order valence-corrected chi connectivity index (χ0v) is 12.3. The van der Waals surface area contributed by atoms with Crippen LogP contribution in [0.4, 0.5) is 0 Å². The lowest BCUT2D eigenvalue weighted by Gasteiger charge is -2.06. The number of phenols is 1. The average Bonchev–Trinajstić information content (AvgIpc) is 2.44. The maximum absolute atomic E-state index is 9.36. The third-order valence-electron chi connectivity index (χ3n) is 2.99. The fraction of sp³-hybridized carbons (Fsp3) is 0.250. The van der Waals surface area contributed by atoms with Gasteiger partial charge in [0.15, 0.2) is 0 Å². The van der Waals surface area contributed by atoms with Crippen LogP contribution in [0.25, 0.3) is 0 Å². The normalized spacial score (nSPS) is 9.85. The van der Waals surface area contributed by atoms with Crippen molar-refractivity contribution in [3.05, 3.63) is 59.7 Å². The molecular formula is C16H20ClNO2. The smallest absolute Gasteiger partial charge is 0.118 e. The van der Waals surface area contributed by atoms with Gasteiger partial charge in [0.1, 0.15) is 11.5 Å². The van der Waals surface area contributed by atoms with Gasteiger partial charge in [0.2, 0.25) is 0 Å². The van der Waals surface area contributed by atoms with Crippen molar-refractivity contribution in [1.29, 1.82) is 0 Å². The average molecular weight is 294 g/mol. The van der Waals surface area contributed by atoms with E-state index in [-0.39, 0.29) is 12.4 Å². The van der Waals surface area contributed by atoms with Crippen molar-refractivity contribution in [2.75, 3.05) is 13.7 Å². The molecule has 2 rings (SSSR count). The number of methoxy groups -OCH3 is 1. The van der Waals surface area contributed by atoms with Crippen LogP contribution in [0.5, 0.6) is 11.5 Å². The van der Waals surface area contributed by atoms with Crippen molar-refractivity contribution in [2.45, 2.75) is 13.0 Å². The Kier molecular flexibility index (Phi) is 6.91. The van der Waals surface area contributed by atoms with E-state index in [1.165, 1.54) is 5.56 Å². The molecule has 4 heteroatoms. The van der Waals surface area contributed by atoms with Gasteiger partial charge in [0.05, 0.1) is 7.11 Å². The standard InChI is InChI=1S/C16H19NO2.ClH/c1-19-16-7-5-13(6-8-16)9-10-17-12-14-3-2-4-15(18)11-14;/h2-8,11,17-18H,9-10,12H2,1H3;1H. The van der Waals surface area contributed by atoms with Crippen molar-refractivity contribution < 1.29 is 9.84 Å². The molecule has 0 aromatic heterocycles. The predicted octanol–water partition coefficient (Wildman–Crippen LogP) is 3.15. The van der Waals surface area contributed by atoms with E-state index in [0.717, 1.165) is 30.8 Å². The Morgan fingerprint density at radius 3 is 2.45 bits per heavy atom. The monoisotopic (exact) mass is 293 g/mol. The van der Waals surface area contributed by atoms with Crippen LogP contribution in [0.15, 0.2) is 48.5 Å². The van der Waals surface area contributed by atoms with Crippen LogP contribution in [0.1, 0.15) is 11.1 Å². The predicted molar refractivity (Wildman–Crippen MR) is 83.8 cm³/mol. The van der Waals surface area contributed by atoms with Crippen LogP contribution < -0.4 is 10.1 Å². The van der Waals surface area contributed by atoms with E-state index in [9.17, 15) is 5.11 Å². The largest absolute Gasteiger partial charge is 0.508 e. The Labute approximate surface area is 126 Å². The zero-order valence-electron chi connectivity index (χ0n) is 11.5. The number of ether oxygens (including phenoxy) is 1. The van der Waals surface area contributed by atoms with Crippen molar-refractivity contribution in [2.24, 2.45) is 0 Å². The van der Waals surface area contributed by atoms with Gasteiger partial charge in [-0.2, -0.15) is 0 Å². The van der Waals surface area contributed by atoms with E-state index >= 15 is 0 Å². The highest BCUT2D eigenvalue weighted by Gasteiger charge is 1.96. The molecule has 0 bridgehead atoms. The van der Waals surface area contributed by atoms with Gasteiger partial charge in [-0.15, -0.1) is 12.4 Å². The number of hydrogen-bond donors (Lipinski definition) is 2. The van der Waals surface area contributed by atoms with Crippen molar-refractivity contribution in [3.63, 3.8) is 0 Å². The molecule has 0 heterocycles. The summed E-state index contributed by atoms with van der Waals surface area (Å²) in [5.74, 6) is 1.20. The maximum atomic E-state index is 9.36. The number of rotatable bonds is 6. The van der Waals surface area contributed by atoms with Gasteiger partial charge >= 0.3 is 0 Å². The van der Waals surface area contributed by atoms with Crippen molar-refractivity contribution >= 4 is 12.4 Å². The molecule has 108 valence electrons. The lowest BCUT2D eigenvalue weighted by molar-refractivity contribution is 0.414. The summed E-state index contributed by atoms with van der Waals surface area (Å²) in [4.78, 5) is 0. The van der Waals surface area contributed by atoms with Crippen LogP contribution in [0.3, 0.4) is 0 Å². The van der Waals surface area contributed by atoms with Crippen LogP contribution in [-0.4, -0.2) is 18.8 Å². The molecule has 2 N–H and O–H groups in total. The maximum Gasteiger partial charge on any atom is 0.118 e. The van der Waals surface area contributed by atoms with Gasteiger partial charge in [-0.3, -0.25) is 0 Å². The molecule has 0 aliphatic carbocycles. The molecule has 2 aromatic rings. The zero-order chi connectivity index (χ0) is 13.5. The van der Waals surface area contributed by atoms with Gasteiger partial charge in [-0.05, 0) is 48.4 Å². The Balaban J connectivity index is 0.00000200. The minimum absolute atomic E-state index is 0. The molecule has 0 aliphatic heterocycles. The highest BCUT2D eigenvalue weighted by atomic mass is 35.5. The second-order valence-electron chi connectivity index (χ2n) is 4.44. The van der Waals surface area contributed by atoms with Gasteiger partial charge in [0, 0.05) is 6.54 Å². The summed E-state index contributed by atoms with van der Waals surface area (Å²) < 4.78 is 5.12. The first-order valence-electron chi connectivity index (χ1n) is 6.39. The fourth-order valence-electron chi connectivity index (χ4n) is 1.92. The first-order valence-corrected chi connectivity index (χ1v) is 6.39. The number of aromatic hydroxyl groups is 1. The molecule has 0 atom stereocenters. The van der Waals surface area contributed by atoms with Crippen molar-refractivity contribution in [3.8, 4) is 11.5 Å². The van der Waals surface area contributed by atoms with E-state index in [0.29, 0.717) is 5.75 Å². The topological polar surface area (TPSA) is 41.5 Å². The van der Waals surface area contributed by atoms with Gasteiger partial charge in [-0.1, -0.05) is 24.3 Å². The summed E-state index contributed by atoms with van der Waals surface area (Å²) in [6, 6.07) is 15.4.